The Morgan fingerprint density at radius 1 is 1.39 bits per heavy atom. The Morgan fingerprint density at radius 3 is 2.67 bits per heavy atom. The van der Waals surface area contributed by atoms with Gasteiger partial charge in [0.15, 0.2) is 0 Å². The van der Waals surface area contributed by atoms with Crippen molar-refractivity contribution in [1.82, 2.24) is 14.8 Å². The number of nitrogens with zero attached hydrogens (tertiary/aromatic N) is 3. The second kappa shape index (κ2) is 5.39. The Bertz CT molecular complexity index is 378. The van der Waals surface area contributed by atoms with Gasteiger partial charge in [0, 0.05) is 12.5 Å². The third-order valence-electron chi connectivity index (χ3n) is 4.14. The molecular formula is C14H25N3O. The molecule has 0 aromatic carbocycles. The average molecular weight is 251 g/mol. The zero-order valence-corrected chi connectivity index (χ0v) is 11.8. The molecule has 0 saturated heterocycles. The third kappa shape index (κ3) is 2.91. The molecule has 1 aromatic heterocycles. The molecule has 1 heterocycles. The predicted molar refractivity (Wildman–Crippen MR) is 71.3 cm³/mol. The van der Waals surface area contributed by atoms with Crippen LogP contribution in [0.25, 0.3) is 0 Å². The maximum Gasteiger partial charge on any atom is 0.138 e. The van der Waals surface area contributed by atoms with Gasteiger partial charge in [0.05, 0.1) is 5.60 Å². The number of aromatic nitrogens is 3. The molecule has 1 aliphatic carbocycles. The van der Waals surface area contributed by atoms with Crippen LogP contribution in [0, 0.1) is 5.92 Å². The summed E-state index contributed by atoms with van der Waals surface area (Å²) in [7, 11) is 0. The molecule has 1 aromatic rings. The van der Waals surface area contributed by atoms with Crippen molar-refractivity contribution >= 4 is 0 Å². The van der Waals surface area contributed by atoms with Crippen LogP contribution in [0.15, 0.2) is 6.33 Å². The van der Waals surface area contributed by atoms with Crippen LogP contribution >= 0.6 is 0 Å². The minimum atomic E-state index is -0.653. The molecule has 1 fully saturated rings. The second-order valence-electron chi connectivity index (χ2n) is 6.08. The van der Waals surface area contributed by atoms with Gasteiger partial charge in [-0.05, 0) is 39.5 Å². The van der Waals surface area contributed by atoms with Crippen molar-refractivity contribution < 1.29 is 5.11 Å². The largest absolute Gasteiger partial charge is 0.389 e. The van der Waals surface area contributed by atoms with Crippen LogP contribution in [0.2, 0.25) is 0 Å². The van der Waals surface area contributed by atoms with Crippen molar-refractivity contribution in [2.45, 2.75) is 70.9 Å². The third-order valence-corrected chi connectivity index (χ3v) is 4.14. The summed E-state index contributed by atoms with van der Waals surface area (Å²) >= 11 is 0. The molecule has 2 rings (SSSR count). The summed E-state index contributed by atoms with van der Waals surface area (Å²) in [6, 6.07) is 0.296. The molecule has 1 saturated carbocycles. The molecule has 4 nitrogen and oxygen atoms in total. The first-order valence-corrected chi connectivity index (χ1v) is 7.11. The van der Waals surface area contributed by atoms with E-state index in [9.17, 15) is 5.11 Å². The normalized spacial score (nSPS) is 21.2. The monoisotopic (exact) mass is 251 g/mol. The fourth-order valence-corrected chi connectivity index (χ4v) is 3.02. The molecule has 0 spiro atoms. The van der Waals surface area contributed by atoms with Crippen LogP contribution in [-0.4, -0.2) is 25.5 Å². The first kappa shape index (κ1) is 13.5. The Balaban J connectivity index is 2.08. The van der Waals surface area contributed by atoms with Crippen LogP contribution in [0.5, 0.6) is 0 Å². The van der Waals surface area contributed by atoms with Crippen LogP contribution < -0.4 is 0 Å². The molecule has 1 N–H and O–H groups in total. The quantitative estimate of drug-likeness (QED) is 0.895. The lowest BCUT2D eigenvalue weighted by Gasteiger charge is -2.35. The van der Waals surface area contributed by atoms with E-state index in [2.05, 4.69) is 23.9 Å². The van der Waals surface area contributed by atoms with E-state index < -0.39 is 5.60 Å². The van der Waals surface area contributed by atoms with Crippen LogP contribution in [0.4, 0.5) is 0 Å². The highest BCUT2D eigenvalue weighted by Gasteiger charge is 2.34. The van der Waals surface area contributed by atoms with E-state index in [0.29, 0.717) is 18.4 Å². The van der Waals surface area contributed by atoms with Gasteiger partial charge >= 0.3 is 0 Å². The molecule has 1 aliphatic rings. The zero-order valence-electron chi connectivity index (χ0n) is 11.8. The number of aliphatic hydroxyl groups is 1. The summed E-state index contributed by atoms with van der Waals surface area (Å²) in [6.45, 7) is 6.14. The van der Waals surface area contributed by atoms with Gasteiger partial charge in [-0.2, -0.15) is 5.10 Å². The van der Waals surface area contributed by atoms with Crippen molar-refractivity contribution in [1.29, 1.82) is 0 Å². The molecule has 0 radical (unpaired) electrons. The fourth-order valence-electron chi connectivity index (χ4n) is 3.02. The second-order valence-corrected chi connectivity index (χ2v) is 6.08. The molecule has 1 atom stereocenters. The van der Waals surface area contributed by atoms with Crippen molar-refractivity contribution in [2.24, 2.45) is 5.92 Å². The van der Waals surface area contributed by atoms with Gasteiger partial charge in [-0.1, -0.05) is 19.3 Å². The highest BCUT2D eigenvalue weighted by atomic mass is 16.3. The van der Waals surface area contributed by atoms with Gasteiger partial charge in [-0.25, -0.2) is 9.67 Å². The lowest BCUT2D eigenvalue weighted by atomic mass is 9.76. The summed E-state index contributed by atoms with van der Waals surface area (Å²) in [5.41, 5.74) is -0.653. The van der Waals surface area contributed by atoms with E-state index in [0.717, 1.165) is 18.7 Å². The van der Waals surface area contributed by atoms with Crippen molar-refractivity contribution in [3.8, 4) is 0 Å². The first-order chi connectivity index (χ1) is 8.50. The van der Waals surface area contributed by atoms with E-state index in [1.807, 2.05) is 11.6 Å². The van der Waals surface area contributed by atoms with Crippen molar-refractivity contribution in [3.63, 3.8) is 0 Å². The number of rotatable bonds is 4. The van der Waals surface area contributed by atoms with Gasteiger partial charge in [0.2, 0.25) is 0 Å². The molecule has 4 heteroatoms. The highest BCUT2D eigenvalue weighted by Crippen LogP contribution is 2.34. The smallest absolute Gasteiger partial charge is 0.138 e. The first-order valence-electron chi connectivity index (χ1n) is 7.11. The van der Waals surface area contributed by atoms with Gasteiger partial charge in [0.1, 0.15) is 12.2 Å². The van der Waals surface area contributed by atoms with E-state index in [-0.39, 0.29) is 0 Å². The van der Waals surface area contributed by atoms with E-state index in [4.69, 9.17) is 0 Å². The minimum Gasteiger partial charge on any atom is -0.389 e. The lowest BCUT2D eigenvalue weighted by Crippen LogP contribution is -2.39. The standard InChI is InChI=1S/C14H25N3O/c1-11(2)17-13(15-10-16-17)9-14(3,18)12-7-5-4-6-8-12/h10-12,18H,4-9H2,1-3H3. The fraction of sp³-hybridized carbons (Fsp3) is 0.857. The number of hydrogen-bond donors (Lipinski definition) is 1. The molecule has 0 bridgehead atoms. The van der Waals surface area contributed by atoms with Gasteiger partial charge < -0.3 is 5.11 Å². The van der Waals surface area contributed by atoms with Gasteiger partial charge in [0.25, 0.3) is 0 Å². The van der Waals surface area contributed by atoms with E-state index in [1.165, 1.54) is 19.3 Å². The molecule has 1 unspecified atom stereocenters. The van der Waals surface area contributed by atoms with Crippen molar-refractivity contribution in [2.75, 3.05) is 0 Å². The Hall–Kier alpha value is -0.900. The molecule has 18 heavy (non-hydrogen) atoms. The highest BCUT2D eigenvalue weighted by molar-refractivity contribution is 4.97. The van der Waals surface area contributed by atoms with E-state index >= 15 is 0 Å². The van der Waals surface area contributed by atoms with Crippen LogP contribution in [-0.2, 0) is 6.42 Å². The Morgan fingerprint density at radius 2 is 2.06 bits per heavy atom. The maximum atomic E-state index is 10.7. The average Bonchev–Trinajstić information content (AvgIpc) is 2.78. The summed E-state index contributed by atoms with van der Waals surface area (Å²) in [6.07, 6.45) is 8.29. The van der Waals surface area contributed by atoms with Gasteiger partial charge in [-0.15, -0.1) is 0 Å². The molecule has 102 valence electrons. The number of hydrogen-bond acceptors (Lipinski definition) is 3. The Labute approximate surface area is 109 Å². The molecular weight excluding hydrogens is 226 g/mol. The lowest BCUT2D eigenvalue weighted by molar-refractivity contribution is -0.0184. The topological polar surface area (TPSA) is 50.9 Å². The SMILES string of the molecule is CC(C)n1ncnc1CC(C)(O)C1CCCCC1. The summed E-state index contributed by atoms with van der Waals surface area (Å²) < 4.78 is 1.91. The maximum absolute atomic E-state index is 10.7. The summed E-state index contributed by atoms with van der Waals surface area (Å²) in [5, 5.41) is 15.0. The minimum absolute atomic E-state index is 0.296. The zero-order chi connectivity index (χ0) is 13.2. The Kier molecular flexibility index (Phi) is 4.05. The van der Waals surface area contributed by atoms with Crippen LogP contribution in [0.1, 0.15) is 64.7 Å². The van der Waals surface area contributed by atoms with Crippen molar-refractivity contribution in [3.05, 3.63) is 12.2 Å². The molecule has 0 amide bonds. The predicted octanol–water partition coefficient (Wildman–Crippen LogP) is 2.73. The van der Waals surface area contributed by atoms with E-state index in [1.54, 1.807) is 6.33 Å². The summed E-state index contributed by atoms with van der Waals surface area (Å²) in [4.78, 5) is 4.31. The van der Waals surface area contributed by atoms with Gasteiger partial charge in [-0.3, -0.25) is 0 Å². The molecule has 0 aliphatic heterocycles. The summed E-state index contributed by atoms with van der Waals surface area (Å²) in [5.74, 6) is 1.31. The van der Waals surface area contributed by atoms with Crippen LogP contribution in [0.3, 0.4) is 0 Å².